The van der Waals surface area contributed by atoms with Gasteiger partial charge in [-0.1, -0.05) is 40.9 Å². The Morgan fingerprint density at radius 1 is 0.900 bits per heavy atom. The number of anilines is 1. The van der Waals surface area contributed by atoms with Crippen LogP contribution in [0.15, 0.2) is 36.4 Å². The van der Waals surface area contributed by atoms with E-state index in [4.69, 9.17) is 34.8 Å². The topological polar surface area (TPSA) is 29.1 Å². The Balaban J connectivity index is 2.11. The predicted molar refractivity (Wildman–Crippen MR) is 84.4 cm³/mol. The molecule has 1 aliphatic heterocycles. The van der Waals surface area contributed by atoms with Crippen LogP contribution in [0.3, 0.4) is 0 Å². The van der Waals surface area contributed by atoms with Crippen LogP contribution in [0.2, 0.25) is 15.1 Å². The fourth-order valence-electron chi connectivity index (χ4n) is 2.14. The number of amides is 1. The molecule has 0 aromatic heterocycles. The van der Waals surface area contributed by atoms with Crippen LogP contribution in [-0.4, -0.2) is 5.91 Å². The molecular formula is C15H8Cl3NO. The fourth-order valence-corrected chi connectivity index (χ4v) is 2.85. The van der Waals surface area contributed by atoms with Gasteiger partial charge in [0.2, 0.25) is 0 Å². The Labute approximate surface area is 131 Å². The lowest BCUT2D eigenvalue weighted by atomic mass is 10.0. The van der Waals surface area contributed by atoms with Crippen LogP contribution in [0.5, 0.6) is 0 Å². The SMILES string of the molecule is O=C1Nc2cc(Cl)ccc2/C1=C/c1cc(Cl)cc(Cl)c1. The first-order chi connectivity index (χ1) is 9.52. The van der Waals surface area contributed by atoms with E-state index in [9.17, 15) is 4.79 Å². The number of hydrogen-bond acceptors (Lipinski definition) is 1. The predicted octanol–water partition coefficient (Wildman–Crippen LogP) is 5.14. The minimum atomic E-state index is -0.168. The van der Waals surface area contributed by atoms with E-state index in [1.807, 2.05) is 6.07 Å². The Hall–Kier alpha value is -1.48. The van der Waals surface area contributed by atoms with E-state index in [0.29, 0.717) is 26.3 Å². The van der Waals surface area contributed by atoms with Crippen molar-refractivity contribution in [1.82, 2.24) is 0 Å². The summed E-state index contributed by atoms with van der Waals surface area (Å²) >= 11 is 17.8. The van der Waals surface area contributed by atoms with Gasteiger partial charge in [0.25, 0.3) is 5.91 Å². The second kappa shape index (κ2) is 5.13. The first-order valence-electron chi connectivity index (χ1n) is 5.82. The summed E-state index contributed by atoms with van der Waals surface area (Å²) in [5.74, 6) is -0.168. The lowest BCUT2D eigenvalue weighted by Crippen LogP contribution is -2.03. The molecule has 1 N–H and O–H groups in total. The van der Waals surface area contributed by atoms with Gasteiger partial charge >= 0.3 is 0 Å². The zero-order chi connectivity index (χ0) is 14.3. The van der Waals surface area contributed by atoms with Crippen LogP contribution >= 0.6 is 34.8 Å². The molecule has 2 nitrogen and oxygen atoms in total. The van der Waals surface area contributed by atoms with Crippen LogP contribution in [0.1, 0.15) is 11.1 Å². The number of carbonyl (C=O) groups is 1. The molecule has 1 heterocycles. The maximum Gasteiger partial charge on any atom is 0.256 e. The number of halogens is 3. The Morgan fingerprint density at radius 3 is 2.30 bits per heavy atom. The van der Waals surface area contributed by atoms with Crippen LogP contribution in [0.25, 0.3) is 11.6 Å². The van der Waals surface area contributed by atoms with Crippen LogP contribution in [-0.2, 0) is 4.79 Å². The van der Waals surface area contributed by atoms with Gasteiger partial charge in [-0.05, 0) is 42.0 Å². The van der Waals surface area contributed by atoms with Gasteiger partial charge in [-0.15, -0.1) is 0 Å². The molecule has 0 aliphatic carbocycles. The van der Waals surface area contributed by atoms with Crippen molar-refractivity contribution in [2.75, 3.05) is 5.32 Å². The van der Waals surface area contributed by atoms with Gasteiger partial charge in [-0.3, -0.25) is 4.79 Å². The summed E-state index contributed by atoms with van der Waals surface area (Å²) in [4.78, 5) is 12.0. The second-order valence-corrected chi connectivity index (χ2v) is 5.71. The highest BCUT2D eigenvalue weighted by Crippen LogP contribution is 2.35. The van der Waals surface area contributed by atoms with E-state index in [2.05, 4.69) is 5.32 Å². The monoisotopic (exact) mass is 323 g/mol. The lowest BCUT2D eigenvalue weighted by molar-refractivity contribution is -0.110. The summed E-state index contributed by atoms with van der Waals surface area (Å²) in [5, 5.41) is 4.41. The average molecular weight is 325 g/mol. The largest absolute Gasteiger partial charge is 0.321 e. The van der Waals surface area contributed by atoms with Crippen LogP contribution in [0.4, 0.5) is 5.69 Å². The molecule has 2 aromatic rings. The molecule has 0 bridgehead atoms. The van der Waals surface area contributed by atoms with Crippen molar-refractivity contribution in [3.63, 3.8) is 0 Å². The normalized spacial score (nSPS) is 15.3. The van der Waals surface area contributed by atoms with Crippen molar-refractivity contribution in [2.24, 2.45) is 0 Å². The molecule has 5 heteroatoms. The van der Waals surface area contributed by atoms with Crippen LogP contribution in [0, 0.1) is 0 Å². The standard InChI is InChI=1S/C15H8Cl3NO/c16-9-1-2-12-13(15(20)19-14(12)7-9)5-8-3-10(17)6-11(18)4-8/h1-7H,(H,19,20)/b13-5-. The summed E-state index contributed by atoms with van der Waals surface area (Å²) in [5.41, 5.74) is 2.86. The van der Waals surface area contributed by atoms with E-state index in [0.717, 1.165) is 11.1 Å². The quantitative estimate of drug-likeness (QED) is 0.723. The molecule has 0 spiro atoms. The molecule has 1 amide bonds. The molecule has 0 saturated heterocycles. The maximum absolute atomic E-state index is 12.0. The van der Waals surface area contributed by atoms with Crippen molar-refractivity contribution in [3.8, 4) is 0 Å². The highest BCUT2D eigenvalue weighted by molar-refractivity contribution is 6.37. The highest BCUT2D eigenvalue weighted by atomic mass is 35.5. The van der Waals surface area contributed by atoms with Crippen molar-refractivity contribution in [2.45, 2.75) is 0 Å². The minimum absolute atomic E-state index is 0.168. The maximum atomic E-state index is 12.0. The molecule has 1 aliphatic rings. The first-order valence-corrected chi connectivity index (χ1v) is 6.95. The van der Waals surface area contributed by atoms with Crippen molar-refractivity contribution >= 4 is 58.0 Å². The van der Waals surface area contributed by atoms with E-state index in [1.54, 1.807) is 36.4 Å². The van der Waals surface area contributed by atoms with Crippen LogP contribution < -0.4 is 5.32 Å². The van der Waals surface area contributed by atoms with E-state index in [-0.39, 0.29) is 5.91 Å². The van der Waals surface area contributed by atoms with E-state index in [1.165, 1.54) is 0 Å². The molecule has 0 unspecified atom stereocenters. The molecule has 0 fully saturated rings. The molecule has 3 rings (SSSR count). The number of rotatable bonds is 1. The summed E-state index contributed by atoms with van der Waals surface area (Å²) < 4.78 is 0. The zero-order valence-corrected chi connectivity index (χ0v) is 12.4. The Morgan fingerprint density at radius 2 is 1.60 bits per heavy atom. The van der Waals surface area contributed by atoms with Gasteiger partial charge in [-0.25, -0.2) is 0 Å². The second-order valence-electron chi connectivity index (χ2n) is 4.40. The lowest BCUT2D eigenvalue weighted by Gasteiger charge is -2.01. The molecule has 0 saturated carbocycles. The highest BCUT2D eigenvalue weighted by Gasteiger charge is 2.24. The van der Waals surface area contributed by atoms with Gasteiger partial charge in [0.15, 0.2) is 0 Å². The third kappa shape index (κ3) is 2.55. The van der Waals surface area contributed by atoms with Gasteiger partial charge in [0.1, 0.15) is 0 Å². The summed E-state index contributed by atoms with van der Waals surface area (Å²) in [6.45, 7) is 0. The van der Waals surface area contributed by atoms with Gasteiger partial charge in [0, 0.05) is 26.2 Å². The summed E-state index contributed by atoms with van der Waals surface area (Å²) in [6, 6.07) is 10.4. The summed E-state index contributed by atoms with van der Waals surface area (Å²) in [7, 11) is 0. The average Bonchev–Trinajstić information content (AvgIpc) is 2.64. The molecule has 20 heavy (non-hydrogen) atoms. The van der Waals surface area contributed by atoms with Gasteiger partial charge in [0.05, 0.1) is 5.69 Å². The molecule has 0 radical (unpaired) electrons. The van der Waals surface area contributed by atoms with Gasteiger partial charge < -0.3 is 5.32 Å². The molecule has 0 atom stereocenters. The summed E-state index contributed by atoms with van der Waals surface area (Å²) in [6.07, 6.45) is 1.76. The number of nitrogens with one attached hydrogen (secondary N) is 1. The third-order valence-electron chi connectivity index (χ3n) is 2.96. The Kier molecular flexibility index (Phi) is 3.47. The molecule has 100 valence electrons. The molecular weight excluding hydrogens is 317 g/mol. The van der Waals surface area contributed by atoms with Gasteiger partial charge in [-0.2, -0.15) is 0 Å². The van der Waals surface area contributed by atoms with E-state index < -0.39 is 0 Å². The first kappa shape index (κ1) is 13.5. The van der Waals surface area contributed by atoms with Crippen molar-refractivity contribution in [1.29, 1.82) is 0 Å². The van der Waals surface area contributed by atoms with Crippen molar-refractivity contribution in [3.05, 3.63) is 62.6 Å². The third-order valence-corrected chi connectivity index (χ3v) is 3.63. The number of carbonyl (C=O) groups excluding carboxylic acids is 1. The van der Waals surface area contributed by atoms with E-state index >= 15 is 0 Å². The Bertz CT molecular complexity index is 733. The molecule has 2 aromatic carbocycles. The number of benzene rings is 2. The number of hydrogen-bond donors (Lipinski definition) is 1. The van der Waals surface area contributed by atoms with Crippen molar-refractivity contribution < 1.29 is 4.79 Å². The minimum Gasteiger partial charge on any atom is -0.321 e. The zero-order valence-electron chi connectivity index (χ0n) is 10.1. The smallest absolute Gasteiger partial charge is 0.256 e. The fraction of sp³-hybridized carbons (Fsp3) is 0. The number of fused-ring (bicyclic) bond motifs is 1.